The van der Waals surface area contributed by atoms with Gasteiger partial charge in [-0.3, -0.25) is 0 Å². The van der Waals surface area contributed by atoms with E-state index in [2.05, 4.69) is 14.2 Å². The van der Waals surface area contributed by atoms with Crippen LogP contribution in [0.15, 0.2) is 47.8 Å². The van der Waals surface area contributed by atoms with Gasteiger partial charge in [0.2, 0.25) is 0 Å². The van der Waals surface area contributed by atoms with Crippen LogP contribution in [0.4, 0.5) is 14.5 Å². The van der Waals surface area contributed by atoms with Gasteiger partial charge in [0.25, 0.3) is 0 Å². The molecule has 0 saturated carbocycles. The van der Waals surface area contributed by atoms with Crippen molar-refractivity contribution in [3.05, 3.63) is 65.0 Å². The summed E-state index contributed by atoms with van der Waals surface area (Å²) in [6.45, 7) is 0. The average molecular weight is 379 g/mol. The molecule has 0 aliphatic carbocycles. The number of allylic oxidation sites excluding steroid dienone is 2. The molecule has 1 aliphatic rings. The fraction of sp³-hybridized carbons (Fsp3) is 0.167. The van der Waals surface area contributed by atoms with Gasteiger partial charge in [0, 0.05) is 12.3 Å². The molecule has 0 radical (unpaired) electrons. The molecule has 0 bridgehead atoms. The van der Waals surface area contributed by atoms with E-state index >= 15 is 0 Å². The number of hydrogen-bond acceptors (Lipinski definition) is 7. The van der Waals surface area contributed by atoms with Crippen LogP contribution in [-0.2, 0) is 23.8 Å². The van der Waals surface area contributed by atoms with Crippen LogP contribution in [0.25, 0.3) is 0 Å². The summed E-state index contributed by atoms with van der Waals surface area (Å²) < 4.78 is 42.2. The number of carbonyl (C=O) groups excluding carboxylic acids is 3. The van der Waals surface area contributed by atoms with E-state index in [-0.39, 0.29) is 17.0 Å². The maximum Gasteiger partial charge on any atom is 0.355 e. The SMILES string of the molecule is COC(=O)C1=C(C(=O)OC)N(c2cc(C(=O)OC)c(F)cc2F)C=CC=C1. The molecule has 7 nitrogen and oxygen atoms in total. The summed E-state index contributed by atoms with van der Waals surface area (Å²) in [5, 5.41) is 0. The van der Waals surface area contributed by atoms with E-state index in [1.807, 2.05) is 0 Å². The van der Waals surface area contributed by atoms with Crippen molar-refractivity contribution >= 4 is 23.6 Å². The maximum absolute atomic E-state index is 14.5. The number of methoxy groups -OCH3 is 3. The molecule has 1 heterocycles. The molecule has 2 rings (SSSR count). The topological polar surface area (TPSA) is 82.1 Å². The first kappa shape index (κ1) is 19.8. The van der Waals surface area contributed by atoms with Crippen LogP contribution >= 0.6 is 0 Å². The summed E-state index contributed by atoms with van der Waals surface area (Å²) in [5.74, 6) is -5.12. The van der Waals surface area contributed by atoms with Gasteiger partial charge in [0.1, 0.15) is 17.3 Å². The number of halogens is 2. The second-order valence-electron chi connectivity index (χ2n) is 5.09. The molecular weight excluding hydrogens is 364 g/mol. The van der Waals surface area contributed by atoms with E-state index in [0.29, 0.717) is 6.07 Å². The molecule has 1 aromatic carbocycles. The van der Waals surface area contributed by atoms with Crippen molar-refractivity contribution in [3.8, 4) is 0 Å². The third-order valence-corrected chi connectivity index (χ3v) is 3.59. The smallest absolute Gasteiger partial charge is 0.355 e. The van der Waals surface area contributed by atoms with Gasteiger partial charge in [-0.15, -0.1) is 0 Å². The Morgan fingerprint density at radius 2 is 1.48 bits per heavy atom. The number of benzene rings is 1. The minimum Gasteiger partial charge on any atom is -0.465 e. The monoisotopic (exact) mass is 379 g/mol. The lowest BCUT2D eigenvalue weighted by Gasteiger charge is -2.24. The Bertz CT molecular complexity index is 888. The van der Waals surface area contributed by atoms with Gasteiger partial charge in [-0.1, -0.05) is 6.08 Å². The van der Waals surface area contributed by atoms with E-state index < -0.39 is 35.1 Å². The van der Waals surface area contributed by atoms with Crippen molar-refractivity contribution in [2.24, 2.45) is 0 Å². The summed E-state index contributed by atoms with van der Waals surface area (Å²) >= 11 is 0. The molecule has 0 unspecified atom stereocenters. The zero-order valence-corrected chi connectivity index (χ0v) is 14.6. The van der Waals surface area contributed by atoms with Crippen LogP contribution < -0.4 is 4.90 Å². The summed E-state index contributed by atoms with van der Waals surface area (Å²) in [6.07, 6.45) is 5.34. The fourth-order valence-corrected chi connectivity index (χ4v) is 2.34. The largest absolute Gasteiger partial charge is 0.465 e. The number of carbonyl (C=O) groups is 3. The Morgan fingerprint density at radius 3 is 2.07 bits per heavy atom. The van der Waals surface area contributed by atoms with Crippen LogP contribution in [0.5, 0.6) is 0 Å². The molecule has 0 fully saturated rings. The lowest BCUT2D eigenvalue weighted by Crippen LogP contribution is -2.28. The van der Waals surface area contributed by atoms with Crippen LogP contribution in [0.1, 0.15) is 10.4 Å². The van der Waals surface area contributed by atoms with Gasteiger partial charge in [-0.05, 0) is 18.2 Å². The van der Waals surface area contributed by atoms with Crippen LogP contribution in [0.3, 0.4) is 0 Å². The number of ether oxygens (including phenoxy) is 3. The summed E-state index contributed by atoms with van der Waals surface area (Å²) in [5.41, 5.74) is -1.53. The Labute approximate surface area is 153 Å². The Balaban J connectivity index is 2.76. The minimum absolute atomic E-state index is 0.224. The Hall–Kier alpha value is -3.49. The van der Waals surface area contributed by atoms with Crippen molar-refractivity contribution in [1.82, 2.24) is 0 Å². The molecule has 0 aromatic heterocycles. The highest BCUT2D eigenvalue weighted by atomic mass is 19.1. The zero-order chi connectivity index (χ0) is 20.1. The molecular formula is C18H15F2NO6. The molecule has 0 amide bonds. The molecule has 0 spiro atoms. The van der Waals surface area contributed by atoms with Crippen molar-refractivity contribution in [2.75, 3.05) is 26.2 Å². The zero-order valence-electron chi connectivity index (χ0n) is 14.6. The van der Waals surface area contributed by atoms with Crippen molar-refractivity contribution < 1.29 is 37.4 Å². The second-order valence-corrected chi connectivity index (χ2v) is 5.09. The third kappa shape index (κ3) is 3.86. The molecule has 142 valence electrons. The van der Waals surface area contributed by atoms with Crippen molar-refractivity contribution in [1.29, 1.82) is 0 Å². The third-order valence-electron chi connectivity index (χ3n) is 3.59. The normalized spacial score (nSPS) is 13.3. The van der Waals surface area contributed by atoms with Gasteiger partial charge >= 0.3 is 17.9 Å². The first-order chi connectivity index (χ1) is 12.8. The molecule has 0 N–H and O–H groups in total. The molecule has 0 saturated heterocycles. The van der Waals surface area contributed by atoms with Gasteiger partial charge in [0.15, 0.2) is 0 Å². The number of rotatable bonds is 4. The highest BCUT2D eigenvalue weighted by molar-refractivity contribution is 6.05. The predicted octanol–water partition coefficient (Wildman–Crippen LogP) is 2.24. The summed E-state index contributed by atoms with van der Waals surface area (Å²) in [6, 6.07) is 1.34. The number of anilines is 1. The Kier molecular flexibility index (Phi) is 6.07. The number of hydrogen-bond donors (Lipinski definition) is 0. The van der Waals surface area contributed by atoms with E-state index in [4.69, 9.17) is 0 Å². The van der Waals surface area contributed by atoms with E-state index in [0.717, 1.165) is 32.3 Å². The minimum atomic E-state index is -1.14. The van der Waals surface area contributed by atoms with E-state index in [9.17, 15) is 23.2 Å². The van der Waals surface area contributed by atoms with Crippen LogP contribution in [0, 0.1) is 11.6 Å². The maximum atomic E-state index is 14.5. The molecule has 9 heteroatoms. The predicted molar refractivity (Wildman–Crippen MR) is 89.5 cm³/mol. The summed E-state index contributed by atoms with van der Waals surface area (Å²) in [4.78, 5) is 37.1. The first-order valence-electron chi connectivity index (χ1n) is 7.48. The first-order valence-corrected chi connectivity index (χ1v) is 7.48. The number of nitrogens with zero attached hydrogens (tertiary/aromatic N) is 1. The summed E-state index contributed by atoms with van der Waals surface area (Å²) in [7, 11) is 3.21. The van der Waals surface area contributed by atoms with E-state index in [1.54, 1.807) is 0 Å². The van der Waals surface area contributed by atoms with Crippen molar-refractivity contribution in [3.63, 3.8) is 0 Å². The van der Waals surface area contributed by atoms with Crippen LogP contribution in [-0.4, -0.2) is 39.2 Å². The van der Waals surface area contributed by atoms with Crippen molar-refractivity contribution in [2.45, 2.75) is 0 Å². The Morgan fingerprint density at radius 1 is 0.852 bits per heavy atom. The highest BCUT2D eigenvalue weighted by Gasteiger charge is 2.30. The average Bonchev–Trinajstić information content (AvgIpc) is 2.89. The lowest BCUT2D eigenvalue weighted by atomic mass is 10.1. The van der Waals surface area contributed by atoms with E-state index in [1.165, 1.54) is 24.4 Å². The lowest BCUT2D eigenvalue weighted by molar-refractivity contribution is -0.139. The van der Waals surface area contributed by atoms with Gasteiger partial charge in [0.05, 0.1) is 38.2 Å². The highest BCUT2D eigenvalue weighted by Crippen LogP contribution is 2.30. The van der Waals surface area contributed by atoms with Crippen LogP contribution in [0.2, 0.25) is 0 Å². The van der Waals surface area contributed by atoms with Gasteiger partial charge in [-0.25, -0.2) is 23.2 Å². The van der Waals surface area contributed by atoms with Gasteiger partial charge in [-0.2, -0.15) is 0 Å². The second kappa shape index (κ2) is 8.26. The fourth-order valence-electron chi connectivity index (χ4n) is 2.34. The standard InChI is InChI=1S/C18H15F2NO6/c1-25-16(22)10-6-4-5-7-21(15(10)18(24)27-3)14-8-11(17(23)26-2)12(19)9-13(14)20/h4-9H,1-3H3. The molecule has 27 heavy (non-hydrogen) atoms. The molecule has 1 aromatic rings. The molecule has 0 atom stereocenters. The molecule has 1 aliphatic heterocycles. The van der Waals surface area contributed by atoms with Gasteiger partial charge < -0.3 is 19.1 Å². The number of esters is 3. The quantitative estimate of drug-likeness (QED) is 0.586.